The molecule has 0 aliphatic carbocycles. The van der Waals surface area contributed by atoms with E-state index in [-0.39, 0.29) is 12.5 Å². The van der Waals surface area contributed by atoms with Crippen LogP contribution in [-0.4, -0.2) is 20.4 Å². The van der Waals surface area contributed by atoms with Crippen LogP contribution in [0.2, 0.25) is 5.02 Å². The van der Waals surface area contributed by atoms with E-state index >= 15 is 0 Å². The van der Waals surface area contributed by atoms with Crippen LogP contribution >= 0.6 is 22.9 Å². The normalized spacial score (nSPS) is 10.9. The van der Waals surface area contributed by atoms with E-state index in [1.54, 1.807) is 38.1 Å². The van der Waals surface area contributed by atoms with E-state index in [1.807, 2.05) is 0 Å². The highest BCUT2D eigenvalue weighted by Gasteiger charge is 2.11. The Bertz CT molecular complexity index is 964. The third-order valence-corrected chi connectivity index (χ3v) is 4.41. The molecule has 6 nitrogen and oxygen atoms in total. The SMILES string of the molecule is Cc1cc(C)n(CC(=O)Nc2nc3ccc(Cl)cc3s2)c(=O)n1. The van der Waals surface area contributed by atoms with Crippen LogP contribution in [0.1, 0.15) is 11.4 Å². The molecule has 0 fully saturated rings. The van der Waals surface area contributed by atoms with Gasteiger partial charge in [-0.1, -0.05) is 22.9 Å². The molecule has 23 heavy (non-hydrogen) atoms. The number of carbonyl (C=O) groups excluding carboxylic acids is 1. The van der Waals surface area contributed by atoms with E-state index in [0.29, 0.717) is 21.5 Å². The lowest BCUT2D eigenvalue weighted by atomic mass is 10.3. The Labute approximate surface area is 140 Å². The van der Waals surface area contributed by atoms with Crippen LogP contribution in [0.15, 0.2) is 29.1 Å². The number of hydrogen-bond acceptors (Lipinski definition) is 5. The Hall–Kier alpha value is -2.25. The standard InChI is InChI=1S/C15H13ClN4O2S/c1-8-5-9(2)20(15(22)17-8)7-13(21)19-14-18-11-4-3-10(16)6-12(11)23-14/h3-6H,7H2,1-2H3,(H,18,19,21). The molecule has 2 heterocycles. The second kappa shape index (κ2) is 6.10. The fourth-order valence-electron chi connectivity index (χ4n) is 2.22. The number of rotatable bonds is 3. The van der Waals surface area contributed by atoms with Gasteiger partial charge in [-0.15, -0.1) is 0 Å². The Morgan fingerprint density at radius 3 is 2.83 bits per heavy atom. The molecule has 0 spiro atoms. The number of fused-ring (bicyclic) bond motifs is 1. The molecular formula is C15H13ClN4O2S. The lowest BCUT2D eigenvalue weighted by Gasteiger charge is -2.08. The molecule has 118 valence electrons. The molecule has 1 aromatic carbocycles. The molecule has 0 aliphatic rings. The van der Waals surface area contributed by atoms with Gasteiger partial charge >= 0.3 is 5.69 Å². The number of aromatic nitrogens is 3. The van der Waals surface area contributed by atoms with E-state index in [4.69, 9.17) is 11.6 Å². The van der Waals surface area contributed by atoms with Gasteiger partial charge in [-0.25, -0.2) is 9.78 Å². The van der Waals surface area contributed by atoms with Gasteiger partial charge in [0.05, 0.1) is 10.2 Å². The summed E-state index contributed by atoms with van der Waals surface area (Å²) in [7, 11) is 0. The summed E-state index contributed by atoms with van der Waals surface area (Å²) in [4.78, 5) is 32.2. The lowest BCUT2D eigenvalue weighted by Crippen LogP contribution is -2.31. The molecule has 2 aromatic heterocycles. The quantitative estimate of drug-likeness (QED) is 0.789. The van der Waals surface area contributed by atoms with Gasteiger partial charge in [0.2, 0.25) is 5.91 Å². The smallest absolute Gasteiger partial charge is 0.300 e. The predicted molar refractivity (Wildman–Crippen MR) is 91.2 cm³/mol. The van der Waals surface area contributed by atoms with E-state index in [2.05, 4.69) is 15.3 Å². The summed E-state index contributed by atoms with van der Waals surface area (Å²) in [5.74, 6) is -0.328. The van der Waals surface area contributed by atoms with Crippen molar-refractivity contribution in [1.29, 1.82) is 0 Å². The van der Waals surface area contributed by atoms with Crippen molar-refractivity contribution < 1.29 is 4.79 Å². The van der Waals surface area contributed by atoms with Crippen LogP contribution in [0.3, 0.4) is 0 Å². The first kappa shape index (κ1) is 15.6. The predicted octanol–water partition coefficient (Wildman–Crippen LogP) is 2.76. The van der Waals surface area contributed by atoms with Crippen molar-refractivity contribution in [3.05, 3.63) is 51.2 Å². The largest absolute Gasteiger partial charge is 0.348 e. The first-order valence-corrected chi connectivity index (χ1v) is 8.03. The first-order valence-electron chi connectivity index (χ1n) is 6.83. The molecule has 0 aliphatic heterocycles. The Balaban J connectivity index is 1.80. The third-order valence-electron chi connectivity index (χ3n) is 3.24. The van der Waals surface area contributed by atoms with Gasteiger partial charge < -0.3 is 5.32 Å². The van der Waals surface area contributed by atoms with Gasteiger partial charge in [-0.2, -0.15) is 4.98 Å². The summed E-state index contributed by atoms with van der Waals surface area (Å²) in [6.45, 7) is 3.41. The van der Waals surface area contributed by atoms with Gasteiger partial charge in [0, 0.05) is 16.4 Å². The van der Waals surface area contributed by atoms with Crippen molar-refractivity contribution in [3.63, 3.8) is 0 Å². The van der Waals surface area contributed by atoms with Gasteiger partial charge in [0.15, 0.2) is 5.13 Å². The fraction of sp³-hybridized carbons (Fsp3) is 0.200. The van der Waals surface area contributed by atoms with Crippen LogP contribution in [0.5, 0.6) is 0 Å². The third kappa shape index (κ3) is 3.40. The molecule has 0 unspecified atom stereocenters. The highest BCUT2D eigenvalue weighted by atomic mass is 35.5. The number of thiazole rings is 1. The number of aryl methyl sites for hydroxylation is 2. The second-order valence-corrected chi connectivity index (χ2v) is 6.55. The molecular weight excluding hydrogens is 336 g/mol. The van der Waals surface area contributed by atoms with Gasteiger partial charge in [-0.05, 0) is 38.1 Å². The van der Waals surface area contributed by atoms with Gasteiger partial charge in [0.25, 0.3) is 0 Å². The molecule has 8 heteroatoms. The summed E-state index contributed by atoms with van der Waals surface area (Å²) in [6.07, 6.45) is 0. The summed E-state index contributed by atoms with van der Waals surface area (Å²) in [5.41, 5.74) is 1.65. The van der Waals surface area contributed by atoms with E-state index < -0.39 is 5.69 Å². The molecule has 0 saturated carbocycles. The second-order valence-electron chi connectivity index (χ2n) is 5.09. The average molecular weight is 349 g/mol. The number of amides is 1. The van der Waals surface area contributed by atoms with Gasteiger partial charge in [-0.3, -0.25) is 9.36 Å². The molecule has 0 radical (unpaired) electrons. The number of nitrogens with zero attached hydrogens (tertiary/aromatic N) is 3. The molecule has 3 rings (SSSR count). The monoisotopic (exact) mass is 348 g/mol. The van der Waals surface area contributed by atoms with Crippen molar-refractivity contribution in [1.82, 2.24) is 14.5 Å². The van der Waals surface area contributed by atoms with Crippen LogP contribution in [0.4, 0.5) is 5.13 Å². The zero-order valence-electron chi connectivity index (χ0n) is 12.5. The molecule has 0 atom stereocenters. The molecule has 1 amide bonds. The number of carbonyl (C=O) groups is 1. The maximum absolute atomic E-state index is 12.2. The molecule has 0 bridgehead atoms. The topological polar surface area (TPSA) is 76.9 Å². The fourth-order valence-corrected chi connectivity index (χ4v) is 3.38. The zero-order chi connectivity index (χ0) is 16.6. The summed E-state index contributed by atoms with van der Waals surface area (Å²) < 4.78 is 2.21. The van der Waals surface area contributed by atoms with E-state index in [0.717, 1.165) is 10.2 Å². The number of benzene rings is 1. The van der Waals surface area contributed by atoms with Crippen LogP contribution in [0, 0.1) is 13.8 Å². The number of anilines is 1. The minimum atomic E-state index is -0.436. The van der Waals surface area contributed by atoms with Crippen molar-refractivity contribution in [2.75, 3.05) is 5.32 Å². The average Bonchev–Trinajstić information content (AvgIpc) is 2.84. The Morgan fingerprint density at radius 1 is 1.30 bits per heavy atom. The molecule has 1 N–H and O–H groups in total. The number of halogens is 1. The zero-order valence-corrected chi connectivity index (χ0v) is 14.0. The first-order chi connectivity index (χ1) is 10.9. The Morgan fingerprint density at radius 2 is 2.09 bits per heavy atom. The number of nitrogens with one attached hydrogen (secondary N) is 1. The number of hydrogen-bond donors (Lipinski definition) is 1. The highest BCUT2D eigenvalue weighted by Crippen LogP contribution is 2.28. The summed E-state index contributed by atoms with van der Waals surface area (Å²) >= 11 is 7.27. The maximum atomic E-state index is 12.2. The minimum absolute atomic E-state index is 0.103. The van der Waals surface area contributed by atoms with E-state index in [9.17, 15) is 9.59 Å². The minimum Gasteiger partial charge on any atom is -0.300 e. The highest BCUT2D eigenvalue weighted by molar-refractivity contribution is 7.22. The summed E-state index contributed by atoms with van der Waals surface area (Å²) in [5, 5.41) is 3.79. The molecule has 3 aromatic rings. The van der Waals surface area contributed by atoms with Crippen LogP contribution < -0.4 is 11.0 Å². The van der Waals surface area contributed by atoms with Crippen molar-refractivity contribution in [2.45, 2.75) is 20.4 Å². The lowest BCUT2D eigenvalue weighted by molar-refractivity contribution is -0.116. The van der Waals surface area contributed by atoms with Gasteiger partial charge in [0.1, 0.15) is 6.54 Å². The van der Waals surface area contributed by atoms with Crippen molar-refractivity contribution in [2.24, 2.45) is 0 Å². The van der Waals surface area contributed by atoms with Crippen molar-refractivity contribution >= 4 is 44.2 Å². The summed E-state index contributed by atoms with van der Waals surface area (Å²) in [6, 6.07) is 7.09. The Kier molecular flexibility index (Phi) is 4.14. The van der Waals surface area contributed by atoms with Crippen molar-refractivity contribution in [3.8, 4) is 0 Å². The van der Waals surface area contributed by atoms with Crippen LogP contribution in [0.25, 0.3) is 10.2 Å². The molecule has 0 saturated heterocycles. The maximum Gasteiger partial charge on any atom is 0.348 e. The van der Waals surface area contributed by atoms with E-state index in [1.165, 1.54) is 15.9 Å². The van der Waals surface area contributed by atoms with Crippen LogP contribution in [-0.2, 0) is 11.3 Å².